The zero-order valence-electron chi connectivity index (χ0n) is 14.0. The minimum absolute atomic E-state index is 0. The maximum Gasteiger partial charge on any atom is 0.0668 e. The Morgan fingerprint density at radius 2 is 1.76 bits per heavy atom. The zero-order chi connectivity index (χ0) is 15.6. The van der Waals surface area contributed by atoms with Gasteiger partial charge in [0.25, 0.3) is 0 Å². The molecule has 0 unspecified atom stereocenters. The molecule has 25 heavy (non-hydrogen) atoms. The molecule has 1 aliphatic heterocycles. The van der Waals surface area contributed by atoms with Crippen molar-refractivity contribution in [2.75, 3.05) is 25.0 Å². The highest BCUT2D eigenvalue weighted by molar-refractivity contribution is 6.14. The molecule has 1 aromatic heterocycles. The van der Waals surface area contributed by atoms with Gasteiger partial charge in [-0.1, -0.05) is 42.5 Å². The van der Waals surface area contributed by atoms with Gasteiger partial charge in [0.15, 0.2) is 0 Å². The summed E-state index contributed by atoms with van der Waals surface area (Å²) in [5.41, 5.74) is 5.85. The number of likely N-dealkylation sites (N-methyl/N-ethyl adjacent to an activating group) is 1. The summed E-state index contributed by atoms with van der Waals surface area (Å²) in [6, 6.07) is 16.8. The summed E-state index contributed by atoms with van der Waals surface area (Å²) in [6.45, 7) is 1.76. The van der Waals surface area contributed by atoms with Crippen molar-refractivity contribution in [3.8, 4) is 0 Å². The molecule has 3 aromatic rings. The van der Waals surface area contributed by atoms with Gasteiger partial charge in [-0.05, 0) is 23.8 Å². The molecule has 0 radical (unpaired) electrons. The lowest BCUT2D eigenvalue weighted by atomic mass is 10.1. The topological polar surface area (TPSA) is 31.4 Å². The van der Waals surface area contributed by atoms with Crippen molar-refractivity contribution in [1.29, 1.82) is 0 Å². The second kappa shape index (κ2) is 8.24. The van der Waals surface area contributed by atoms with E-state index in [1.54, 1.807) is 0 Å². The number of hydrogen-bond donors (Lipinski definition) is 1. The molecule has 1 N–H and O–H groups in total. The summed E-state index contributed by atoms with van der Waals surface area (Å²) in [4.78, 5) is 10.4. The van der Waals surface area contributed by atoms with Crippen LogP contribution in [0.15, 0.2) is 65.8 Å². The highest BCUT2D eigenvalue weighted by Crippen LogP contribution is 2.24. The normalized spacial score (nSPS) is 13.6. The molecule has 0 saturated carbocycles. The van der Waals surface area contributed by atoms with E-state index in [0.717, 1.165) is 24.3 Å². The second-order valence-corrected chi connectivity index (χ2v) is 5.83. The summed E-state index contributed by atoms with van der Waals surface area (Å²) in [5.74, 6) is 0. The maximum atomic E-state index is 4.77. The van der Waals surface area contributed by atoms with Crippen LogP contribution in [0.1, 0.15) is 11.1 Å². The predicted molar refractivity (Wildman–Crippen MR) is 113 cm³/mol. The number of aromatic nitrogens is 1. The largest absolute Gasteiger partial charge is 0.372 e. The lowest BCUT2D eigenvalue weighted by molar-refractivity contribution is 0.897. The van der Waals surface area contributed by atoms with E-state index in [4.69, 9.17) is 4.99 Å². The summed E-state index contributed by atoms with van der Waals surface area (Å²) in [5, 5.41) is 1.24. The standard InChI is InChI=1S/C20H19N3.2ClH/c1-23-13-12-21-19(17-7-3-5-9-20(17)23)11-10-15-14-22-18-8-4-2-6-16(15)18;;/h2-11,14,22H,12-13H2,1H3;2*1H/b11-10+;;. The molecule has 0 atom stereocenters. The molecule has 3 nitrogen and oxygen atoms in total. The lowest BCUT2D eigenvalue weighted by Crippen LogP contribution is -2.20. The molecule has 2 heterocycles. The molecule has 1 aliphatic rings. The zero-order valence-corrected chi connectivity index (χ0v) is 15.6. The van der Waals surface area contributed by atoms with Crippen molar-refractivity contribution >= 4 is 53.2 Å². The minimum Gasteiger partial charge on any atom is -0.372 e. The van der Waals surface area contributed by atoms with E-state index in [0.29, 0.717) is 0 Å². The molecular formula is C20H21Cl2N3. The summed E-state index contributed by atoms with van der Waals surface area (Å²) in [7, 11) is 2.13. The van der Waals surface area contributed by atoms with Crippen LogP contribution >= 0.6 is 24.8 Å². The Balaban J connectivity index is 0.00000113. The van der Waals surface area contributed by atoms with Crippen LogP contribution in [0.4, 0.5) is 5.69 Å². The Morgan fingerprint density at radius 3 is 2.64 bits per heavy atom. The third-order valence-corrected chi connectivity index (χ3v) is 4.35. The number of benzene rings is 2. The van der Waals surface area contributed by atoms with Gasteiger partial charge in [-0.15, -0.1) is 24.8 Å². The molecule has 0 amide bonds. The van der Waals surface area contributed by atoms with Crippen molar-refractivity contribution in [3.05, 3.63) is 71.9 Å². The molecule has 5 heteroatoms. The van der Waals surface area contributed by atoms with Crippen LogP contribution in [0.25, 0.3) is 17.0 Å². The Kier molecular flexibility index (Phi) is 6.29. The van der Waals surface area contributed by atoms with Gasteiger partial charge in [-0.3, -0.25) is 4.99 Å². The number of aliphatic imine (C=N–C) groups is 1. The van der Waals surface area contributed by atoms with Gasteiger partial charge in [0.1, 0.15) is 0 Å². The third-order valence-electron chi connectivity index (χ3n) is 4.35. The number of benzodiazepines with no additional fused rings is 1. The SMILES string of the molecule is CN1CCN=C(/C=C/c2c[nH]c3ccccc23)c2ccccc21.Cl.Cl. The van der Waals surface area contributed by atoms with Crippen LogP contribution < -0.4 is 4.90 Å². The van der Waals surface area contributed by atoms with Gasteiger partial charge >= 0.3 is 0 Å². The van der Waals surface area contributed by atoms with Gasteiger partial charge in [-0.25, -0.2) is 0 Å². The van der Waals surface area contributed by atoms with Crippen LogP contribution in [0.5, 0.6) is 0 Å². The van der Waals surface area contributed by atoms with Crippen molar-refractivity contribution in [1.82, 2.24) is 4.98 Å². The van der Waals surface area contributed by atoms with Crippen molar-refractivity contribution in [2.45, 2.75) is 0 Å². The van der Waals surface area contributed by atoms with E-state index in [1.807, 2.05) is 6.07 Å². The second-order valence-electron chi connectivity index (χ2n) is 5.83. The fraction of sp³-hybridized carbons (Fsp3) is 0.150. The summed E-state index contributed by atoms with van der Waals surface area (Å²) < 4.78 is 0. The van der Waals surface area contributed by atoms with E-state index in [9.17, 15) is 0 Å². The Bertz CT molecular complexity index is 912. The average Bonchev–Trinajstić information content (AvgIpc) is 2.93. The third kappa shape index (κ3) is 3.73. The van der Waals surface area contributed by atoms with E-state index >= 15 is 0 Å². The maximum absolute atomic E-state index is 4.77. The first kappa shape index (κ1) is 19.1. The van der Waals surface area contributed by atoms with Crippen LogP contribution in [0, 0.1) is 0 Å². The van der Waals surface area contributed by atoms with Crippen LogP contribution in [-0.2, 0) is 0 Å². The first-order valence-electron chi connectivity index (χ1n) is 7.92. The van der Waals surface area contributed by atoms with Crippen LogP contribution in [-0.4, -0.2) is 30.8 Å². The highest BCUT2D eigenvalue weighted by Gasteiger charge is 2.13. The molecule has 0 spiro atoms. The van der Waals surface area contributed by atoms with E-state index in [2.05, 4.69) is 77.7 Å². The average molecular weight is 374 g/mol. The molecule has 0 aliphatic carbocycles. The van der Waals surface area contributed by atoms with Crippen LogP contribution in [0.3, 0.4) is 0 Å². The molecular weight excluding hydrogens is 353 g/mol. The van der Waals surface area contributed by atoms with Gasteiger partial charge in [0.05, 0.1) is 12.3 Å². The number of para-hydroxylation sites is 2. The Hall–Kier alpha value is -2.23. The number of hydrogen-bond acceptors (Lipinski definition) is 2. The molecule has 2 aromatic carbocycles. The monoisotopic (exact) mass is 373 g/mol. The molecule has 0 saturated heterocycles. The Morgan fingerprint density at radius 1 is 1.00 bits per heavy atom. The fourth-order valence-corrected chi connectivity index (χ4v) is 3.09. The van der Waals surface area contributed by atoms with Gasteiger partial charge < -0.3 is 9.88 Å². The predicted octanol–water partition coefficient (Wildman–Crippen LogP) is 4.96. The number of anilines is 1. The lowest BCUT2D eigenvalue weighted by Gasteiger charge is -2.18. The number of aromatic amines is 1. The quantitative estimate of drug-likeness (QED) is 0.675. The Labute approximate surface area is 160 Å². The first-order chi connectivity index (χ1) is 11.3. The molecule has 4 rings (SSSR count). The molecule has 0 bridgehead atoms. The van der Waals surface area contributed by atoms with E-state index in [-0.39, 0.29) is 24.8 Å². The number of rotatable bonds is 2. The number of fused-ring (bicyclic) bond motifs is 2. The number of H-pyrrole nitrogens is 1. The fourth-order valence-electron chi connectivity index (χ4n) is 3.09. The first-order valence-corrected chi connectivity index (χ1v) is 7.92. The van der Waals surface area contributed by atoms with Crippen molar-refractivity contribution < 1.29 is 0 Å². The number of nitrogens with zero attached hydrogens (tertiary/aromatic N) is 2. The summed E-state index contributed by atoms with van der Waals surface area (Å²) >= 11 is 0. The smallest absolute Gasteiger partial charge is 0.0668 e. The molecule has 0 fully saturated rings. The number of nitrogens with one attached hydrogen (secondary N) is 1. The molecule has 130 valence electrons. The van der Waals surface area contributed by atoms with Gasteiger partial charge in [0.2, 0.25) is 0 Å². The number of allylic oxidation sites excluding steroid dienone is 1. The van der Waals surface area contributed by atoms with E-state index < -0.39 is 0 Å². The van der Waals surface area contributed by atoms with Gasteiger partial charge in [-0.2, -0.15) is 0 Å². The van der Waals surface area contributed by atoms with Crippen molar-refractivity contribution in [2.24, 2.45) is 4.99 Å². The highest BCUT2D eigenvalue weighted by atomic mass is 35.5. The summed E-state index contributed by atoms with van der Waals surface area (Å²) in [6.07, 6.45) is 6.34. The van der Waals surface area contributed by atoms with Gasteiger partial charge in [0, 0.05) is 41.9 Å². The number of halogens is 2. The van der Waals surface area contributed by atoms with Crippen LogP contribution in [0.2, 0.25) is 0 Å². The van der Waals surface area contributed by atoms with Crippen molar-refractivity contribution in [3.63, 3.8) is 0 Å². The van der Waals surface area contributed by atoms with E-state index in [1.165, 1.54) is 22.2 Å². The minimum atomic E-state index is 0.